The molecule has 5 heterocycles. The van der Waals surface area contributed by atoms with E-state index in [2.05, 4.69) is 25.7 Å². The molecule has 3 atom stereocenters. The van der Waals surface area contributed by atoms with Gasteiger partial charge in [0.15, 0.2) is 9.84 Å². The molecule has 5 saturated heterocycles. The van der Waals surface area contributed by atoms with Crippen molar-refractivity contribution in [1.82, 2.24) is 19.6 Å². The van der Waals surface area contributed by atoms with Crippen LogP contribution in [0, 0.1) is 23.6 Å². The topological polar surface area (TPSA) is 93.7 Å². The zero-order valence-electron chi connectivity index (χ0n) is 35.2. The molecule has 59 heavy (non-hydrogen) atoms. The van der Waals surface area contributed by atoms with Crippen LogP contribution >= 0.6 is 0 Å². The molecule has 6 fully saturated rings. The first-order valence-electron chi connectivity index (χ1n) is 22.7. The number of amides is 1. The second kappa shape index (κ2) is 18.7. The van der Waals surface area contributed by atoms with Gasteiger partial charge in [0.05, 0.1) is 12.0 Å². The standard InChI is InChI=1S/C47H66FN5O5S/c1-58-46(55)31-36-9-5-12-44(36)47(35-50-25-8-26-50,38-10-6-11-39(48)32-38)37-18-27-51(28-19-37)41-20-29-52(30-21-41)40-14-16-42(17-15-40)59(56,57)43-33-53(34-43)45(54)13-7-24-49-22-3-2-4-23-49/h6-7,10-11,13-17,32,36-37,41,43-44H,2-5,8-9,12,18-31,33-35H2,1H3/b13-7+/t36-,44+,47+/m1/s1. The fraction of sp³-hybridized carbons (Fsp3) is 0.660. The number of sulfone groups is 1. The molecule has 8 rings (SSSR count). The van der Waals surface area contributed by atoms with Gasteiger partial charge in [-0.15, -0.1) is 0 Å². The summed E-state index contributed by atoms with van der Waals surface area (Å²) in [6, 6.07) is 15.3. The van der Waals surface area contributed by atoms with Gasteiger partial charge >= 0.3 is 5.97 Å². The summed E-state index contributed by atoms with van der Waals surface area (Å²) in [5.74, 6) is 0.522. The Bertz CT molecular complexity index is 1880. The molecule has 5 aliphatic heterocycles. The third kappa shape index (κ3) is 9.31. The van der Waals surface area contributed by atoms with Crippen LogP contribution in [0.5, 0.6) is 0 Å². The minimum absolute atomic E-state index is 0.106. The molecule has 1 saturated carbocycles. The highest BCUT2D eigenvalue weighted by Crippen LogP contribution is 2.54. The lowest BCUT2D eigenvalue weighted by atomic mass is 9.56. The molecule has 0 bridgehead atoms. The van der Waals surface area contributed by atoms with Crippen molar-refractivity contribution < 1.29 is 27.1 Å². The number of piperidine rings is 3. The number of benzene rings is 2. The summed E-state index contributed by atoms with van der Waals surface area (Å²) < 4.78 is 47.3. The summed E-state index contributed by atoms with van der Waals surface area (Å²) >= 11 is 0. The third-order valence-electron chi connectivity index (χ3n) is 15.2. The Morgan fingerprint density at radius 3 is 2.19 bits per heavy atom. The maximum atomic E-state index is 15.1. The summed E-state index contributed by atoms with van der Waals surface area (Å²) in [6.45, 7) is 10.4. The Morgan fingerprint density at radius 1 is 0.814 bits per heavy atom. The number of carbonyl (C=O) groups excluding carboxylic acids is 2. The van der Waals surface area contributed by atoms with E-state index in [0.29, 0.717) is 29.2 Å². The van der Waals surface area contributed by atoms with Gasteiger partial charge in [0.1, 0.15) is 11.1 Å². The molecule has 0 spiro atoms. The Labute approximate surface area is 352 Å². The van der Waals surface area contributed by atoms with Crippen LogP contribution in [0.2, 0.25) is 0 Å². The quantitative estimate of drug-likeness (QED) is 0.164. The second-order valence-electron chi connectivity index (χ2n) is 18.5. The second-order valence-corrected chi connectivity index (χ2v) is 20.7. The lowest BCUT2D eigenvalue weighted by Gasteiger charge is -2.54. The predicted octanol–water partition coefficient (Wildman–Crippen LogP) is 6.16. The third-order valence-corrected chi connectivity index (χ3v) is 17.3. The normalized spacial score (nSPS) is 25.8. The molecule has 10 nitrogen and oxygen atoms in total. The minimum atomic E-state index is -3.53. The Balaban J connectivity index is 0.858. The number of esters is 1. The lowest BCUT2D eigenvalue weighted by molar-refractivity contribution is -0.142. The van der Waals surface area contributed by atoms with Crippen molar-refractivity contribution in [1.29, 1.82) is 0 Å². The van der Waals surface area contributed by atoms with Gasteiger partial charge in [-0.3, -0.25) is 14.5 Å². The van der Waals surface area contributed by atoms with Crippen LogP contribution in [0.4, 0.5) is 10.1 Å². The number of hydrogen-bond donors (Lipinski definition) is 0. The highest BCUT2D eigenvalue weighted by atomic mass is 32.2. The van der Waals surface area contributed by atoms with Gasteiger partial charge in [0, 0.05) is 68.9 Å². The van der Waals surface area contributed by atoms with Gasteiger partial charge in [-0.05, 0) is 157 Å². The fourth-order valence-corrected chi connectivity index (χ4v) is 13.4. The lowest BCUT2D eigenvalue weighted by Crippen LogP contribution is -2.58. The van der Waals surface area contributed by atoms with E-state index in [9.17, 15) is 18.0 Å². The molecule has 0 aromatic heterocycles. The number of halogens is 1. The zero-order valence-corrected chi connectivity index (χ0v) is 36.0. The fourth-order valence-electron chi connectivity index (χ4n) is 11.7. The summed E-state index contributed by atoms with van der Waals surface area (Å²) in [5, 5.41) is -0.568. The van der Waals surface area contributed by atoms with E-state index < -0.39 is 15.1 Å². The molecule has 1 amide bonds. The number of carbonyl (C=O) groups is 2. The minimum Gasteiger partial charge on any atom is -0.469 e. The molecule has 2 aromatic rings. The van der Waals surface area contributed by atoms with Crippen molar-refractivity contribution in [2.45, 2.75) is 98.7 Å². The molecule has 0 radical (unpaired) electrons. The van der Waals surface area contributed by atoms with Crippen LogP contribution < -0.4 is 4.90 Å². The van der Waals surface area contributed by atoms with Gasteiger partial charge in [-0.2, -0.15) is 0 Å². The number of rotatable bonds is 14. The molecule has 0 unspecified atom stereocenters. The highest BCUT2D eigenvalue weighted by Gasteiger charge is 2.53. The highest BCUT2D eigenvalue weighted by molar-refractivity contribution is 7.92. The van der Waals surface area contributed by atoms with Gasteiger partial charge in [0.25, 0.3) is 0 Å². The van der Waals surface area contributed by atoms with E-state index in [1.165, 1.54) is 32.8 Å². The van der Waals surface area contributed by atoms with Gasteiger partial charge in [0.2, 0.25) is 5.91 Å². The van der Waals surface area contributed by atoms with Crippen molar-refractivity contribution >= 4 is 27.4 Å². The van der Waals surface area contributed by atoms with Crippen molar-refractivity contribution in [3.8, 4) is 0 Å². The van der Waals surface area contributed by atoms with Crippen LogP contribution in [0.3, 0.4) is 0 Å². The zero-order chi connectivity index (χ0) is 41.0. The molecule has 1 aliphatic carbocycles. The number of methoxy groups -OCH3 is 1. The van der Waals surface area contributed by atoms with Crippen LogP contribution in [-0.2, 0) is 29.6 Å². The summed E-state index contributed by atoms with van der Waals surface area (Å²) in [7, 11) is -2.04. The molecule has 2 aromatic carbocycles. The maximum absolute atomic E-state index is 15.1. The first-order chi connectivity index (χ1) is 28.6. The summed E-state index contributed by atoms with van der Waals surface area (Å²) in [5.41, 5.74) is 1.95. The summed E-state index contributed by atoms with van der Waals surface area (Å²) in [6.07, 6.45) is 16.3. The number of nitrogens with zero attached hydrogens (tertiary/aromatic N) is 5. The first kappa shape index (κ1) is 42.4. The van der Waals surface area contributed by atoms with Crippen LogP contribution in [-0.4, -0.2) is 137 Å². The molecular weight excluding hydrogens is 766 g/mol. The molecular formula is C47H66FN5O5S. The average Bonchev–Trinajstić information content (AvgIpc) is 3.69. The SMILES string of the molecule is COC(=O)C[C@H]1CCC[C@@H]1[C@](CN1CCC1)(c1cccc(F)c1)C1CCN(C2CCN(c3ccc(S(=O)(=O)C4CN(C(=O)/C=C/CN5CCCCC5)C4)cc3)CC2)CC1. The molecule has 6 aliphatic rings. The van der Waals surface area contributed by atoms with E-state index in [1.807, 2.05) is 24.3 Å². The van der Waals surface area contributed by atoms with Crippen LogP contribution in [0.15, 0.2) is 65.6 Å². The van der Waals surface area contributed by atoms with E-state index in [1.54, 1.807) is 35.2 Å². The monoisotopic (exact) mass is 831 g/mol. The van der Waals surface area contributed by atoms with Crippen molar-refractivity contribution in [2.24, 2.45) is 17.8 Å². The van der Waals surface area contributed by atoms with Gasteiger partial charge in [-0.25, -0.2) is 12.8 Å². The Morgan fingerprint density at radius 2 is 1.53 bits per heavy atom. The number of likely N-dealkylation sites (tertiary alicyclic amines) is 4. The van der Waals surface area contributed by atoms with E-state index in [0.717, 1.165) is 122 Å². The maximum Gasteiger partial charge on any atom is 0.305 e. The summed E-state index contributed by atoms with van der Waals surface area (Å²) in [4.78, 5) is 37.3. The van der Waals surface area contributed by atoms with Crippen molar-refractivity contribution in [2.75, 3.05) is 90.5 Å². The number of hydrogen-bond acceptors (Lipinski definition) is 9. The van der Waals surface area contributed by atoms with Crippen LogP contribution in [0.1, 0.15) is 82.6 Å². The average molecular weight is 832 g/mol. The Hall–Kier alpha value is -3.32. The Kier molecular flexibility index (Phi) is 13.5. The smallest absolute Gasteiger partial charge is 0.305 e. The molecule has 0 N–H and O–H groups in total. The molecule has 322 valence electrons. The van der Waals surface area contributed by atoms with E-state index >= 15 is 4.39 Å². The largest absolute Gasteiger partial charge is 0.469 e. The van der Waals surface area contributed by atoms with E-state index in [-0.39, 0.29) is 42.1 Å². The van der Waals surface area contributed by atoms with Gasteiger partial charge < -0.3 is 24.3 Å². The number of ether oxygens (including phenoxy) is 1. The van der Waals surface area contributed by atoms with Crippen molar-refractivity contribution in [3.05, 3.63) is 72.1 Å². The molecule has 12 heteroatoms. The van der Waals surface area contributed by atoms with Crippen LogP contribution in [0.25, 0.3) is 0 Å². The van der Waals surface area contributed by atoms with Gasteiger partial charge in [-0.1, -0.05) is 31.1 Å². The number of anilines is 1. The van der Waals surface area contributed by atoms with Crippen molar-refractivity contribution in [3.63, 3.8) is 0 Å². The predicted molar refractivity (Wildman–Crippen MR) is 230 cm³/mol. The first-order valence-corrected chi connectivity index (χ1v) is 24.2. The van der Waals surface area contributed by atoms with E-state index in [4.69, 9.17) is 4.74 Å².